The van der Waals surface area contributed by atoms with Crippen LogP contribution in [-0.4, -0.2) is 18.3 Å². The normalized spacial score (nSPS) is 10.6. The molecule has 0 unspecified atom stereocenters. The molecule has 0 radical (unpaired) electrons. The maximum Gasteiger partial charge on any atom is 0.239 e. The second kappa shape index (κ2) is 7.04. The molecule has 3 nitrogen and oxygen atoms in total. The van der Waals surface area contributed by atoms with Gasteiger partial charge in [0.2, 0.25) is 5.91 Å². The van der Waals surface area contributed by atoms with Crippen LogP contribution in [0, 0.1) is 0 Å². The van der Waals surface area contributed by atoms with Crippen molar-refractivity contribution >= 4 is 29.3 Å². The molecule has 0 heterocycles. The van der Waals surface area contributed by atoms with Crippen LogP contribution in [-0.2, 0) is 4.79 Å². The topological polar surface area (TPSA) is 55.1 Å². The third kappa shape index (κ3) is 4.47. The second-order valence-electron chi connectivity index (χ2n) is 3.28. The molecule has 0 atom stereocenters. The standard InChI is InChI=1S/C12H15ClN2O/c13-9-12(16)15-11-6-4-10(5-7-11)3-1-2-8-14/h1,3-7H,2,8-9,14H2,(H,15,16). The molecule has 0 spiro atoms. The smallest absolute Gasteiger partial charge is 0.239 e. The Morgan fingerprint density at radius 3 is 2.62 bits per heavy atom. The van der Waals surface area contributed by atoms with Crippen LogP contribution in [0.25, 0.3) is 6.08 Å². The number of anilines is 1. The number of amides is 1. The Balaban J connectivity index is 2.57. The van der Waals surface area contributed by atoms with Gasteiger partial charge in [0.15, 0.2) is 0 Å². The SMILES string of the molecule is NCCC=Cc1ccc(NC(=O)CCl)cc1. The van der Waals surface area contributed by atoms with Crippen LogP contribution in [0.4, 0.5) is 5.69 Å². The number of benzene rings is 1. The number of hydrogen-bond donors (Lipinski definition) is 2. The van der Waals surface area contributed by atoms with Crippen LogP contribution in [0.5, 0.6) is 0 Å². The van der Waals surface area contributed by atoms with E-state index >= 15 is 0 Å². The third-order valence-electron chi connectivity index (χ3n) is 1.96. The summed E-state index contributed by atoms with van der Waals surface area (Å²) in [7, 11) is 0. The molecule has 0 saturated carbocycles. The van der Waals surface area contributed by atoms with E-state index in [1.54, 1.807) is 0 Å². The summed E-state index contributed by atoms with van der Waals surface area (Å²) in [5.41, 5.74) is 7.21. The van der Waals surface area contributed by atoms with Crippen LogP contribution in [0.2, 0.25) is 0 Å². The van der Waals surface area contributed by atoms with Crippen LogP contribution in [0.15, 0.2) is 30.3 Å². The highest BCUT2D eigenvalue weighted by Gasteiger charge is 1.98. The van der Waals surface area contributed by atoms with Crippen LogP contribution in [0.1, 0.15) is 12.0 Å². The number of rotatable bonds is 5. The lowest BCUT2D eigenvalue weighted by atomic mass is 10.2. The van der Waals surface area contributed by atoms with Gasteiger partial charge in [-0.25, -0.2) is 0 Å². The summed E-state index contributed by atoms with van der Waals surface area (Å²) in [6, 6.07) is 7.53. The monoisotopic (exact) mass is 238 g/mol. The molecule has 1 amide bonds. The van der Waals surface area contributed by atoms with Crippen LogP contribution in [0.3, 0.4) is 0 Å². The summed E-state index contributed by atoms with van der Waals surface area (Å²) in [5.74, 6) is -0.230. The average Bonchev–Trinajstić information content (AvgIpc) is 2.31. The number of carbonyl (C=O) groups is 1. The Labute approximate surface area is 100 Å². The van der Waals surface area contributed by atoms with Gasteiger partial charge in [-0.2, -0.15) is 0 Å². The zero-order valence-corrected chi connectivity index (χ0v) is 9.70. The molecule has 3 N–H and O–H groups in total. The van der Waals surface area contributed by atoms with E-state index in [0.29, 0.717) is 6.54 Å². The predicted molar refractivity (Wildman–Crippen MR) is 68.5 cm³/mol. The van der Waals surface area contributed by atoms with E-state index in [9.17, 15) is 4.79 Å². The summed E-state index contributed by atoms with van der Waals surface area (Å²) in [6.07, 6.45) is 4.89. The third-order valence-corrected chi connectivity index (χ3v) is 2.20. The van der Waals surface area contributed by atoms with Gasteiger partial charge in [-0.1, -0.05) is 24.3 Å². The van der Waals surface area contributed by atoms with Gasteiger partial charge >= 0.3 is 0 Å². The van der Waals surface area contributed by atoms with Gasteiger partial charge in [0.25, 0.3) is 0 Å². The molecule has 1 aromatic rings. The molecule has 16 heavy (non-hydrogen) atoms. The summed E-state index contributed by atoms with van der Waals surface area (Å²) in [4.78, 5) is 11.0. The van der Waals surface area contributed by atoms with Gasteiger partial charge in [-0.3, -0.25) is 4.79 Å². The Bertz CT molecular complexity index is 360. The fraction of sp³-hybridized carbons (Fsp3) is 0.250. The number of halogens is 1. The van der Waals surface area contributed by atoms with Crippen molar-refractivity contribution in [3.63, 3.8) is 0 Å². The number of hydrogen-bond acceptors (Lipinski definition) is 2. The number of alkyl halides is 1. The minimum atomic E-state index is -0.201. The summed E-state index contributed by atoms with van der Waals surface area (Å²) in [6.45, 7) is 0.653. The zero-order valence-electron chi connectivity index (χ0n) is 8.95. The van der Waals surface area contributed by atoms with Gasteiger partial charge in [-0.15, -0.1) is 11.6 Å². The highest BCUT2D eigenvalue weighted by molar-refractivity contribution is 6.29. The first-order chi connectivity index (χ1) is 7.76. The molecule has 0 aliphatic heterocycles. The van der Waals surface area contributed by atoms with Crippen molar-refractivity contribution in [2.75, 3.05) is 17.7 Å². The second-order valence-corrected chi connectivity index (χ2v) is 3.55. The Hall–Kier alpha value is -1.32. The summed E-state index contributed by atoms with van der Waals surface area (Å²) >= 11 is 5.38. The Kier molecular flexibility index (Phi) is 5.61. The molecule has 0 aromatic heterocycles. The molecule has 0 fully saturated rings. The molecule has 1 rings (SSSR count). The van der Waals surface area contributed by atoms with E-state index in [1.807, 2.05) is 36.4 Å². The van der Waals surface area contributed by atoms with E-state index in [0.717, 1.165) is 17.7 Å². The van der Waals surface area contributed by atoms with Gasteiger partial charge in [0, 0.05) is 5.69 Å². The maximum absolute atomic E-state index is 11.0. The van der Waals surface area contributed by atoms with Crippen molar-refractivity contribution in [1.29, 1.82) is 0 Å². The Morgan fingerprint density at radius 1 is 1.38 bits per heavy atom. The highest BCUT2D eigenvalue weighted by atomic mass is 35.5. The molecule has 1 aromatic carbocycles. The summed E-state index contributed by atoms with van der Waals surface area (Å²) in [5, 5.41) is 2.67. The van der Waals surface area contributed by atoms with Gasteiger partial charge < -0.3 is 11.1 Å². The van der Waals surface area contributed by atoms with E-state index in [1.165, 1.54) is 0 Å². The van der Waals surface area contributed by atoms with Crippen molar-refractivity contribution in [1.82, 2.24) is 0 Å². The first-order valence-electron chi connectivity index (χ1n) is 5.08. The van der Waals surface area contributed by atoms with Crippen LogP contribution < -0.4 is 11.1 Å². The van der Waals surface area contributed by atoms with Crippen molar-refractivity contribution in [2.45, 2.75) is 6.42 Å². The number of nitrogens with one attached hydrogen (secondary N) is 1. The first kappa shape index (κ1) is 12.7. The number of nitrogens with two attached hydrogens (primary N) is 1. The lowest BCUT2D eigenvalue weighted by molar-refractivity contribution is -0.113. The predicted octanol–water partition coefficient (Wildman–Crippen LogP) is 2.23. The maximum atomic E-state index is 11.0. The van der Waals surface area contributed by atoms with Crippen molar-refractivity contribution < 1.29 is 4.79 Å². The van der Waals surface area contributed by atoms with E-state index in [4.69, 9.17) is 17.3 Å². The minimum absolute atomic E-state index is 0.0296. The van der Waals surface area contributed by atoms with Gasteiger partial charge in [-0.05, 0) is 30.7 Å². The largest absolute Gasteiger partial charge is 0.330 e. The molecular weight excluding hydrogens is 224 g/mol. The lowest BCUT2D eigenvalue weighted by Gasteiger charge is -2.02. The molecule has 0 aliphatic carbocycles. The molecular formula is C12H15ClN2O. The summed E-state index contributed by atoms with van der Waals surface area (Å²) < 4.78 is 0. The van der Waals surface area contributed by atoms with Crippen molar-refractivity contribution in [3.05, 3.63) is 35.9 Å². The fourth-order valence-corrected chi connectivity index (χ4v) is 1.25. The molecule has 0 bridgehead atoms. The zero-order chi connectivity index (χ0) is 11.8. The molecule has 0 aliphatic rings. The van der Waals surface area contributed by atoms with Crippen molar-refractivity contribution in [3.8, 4) is 0 Å². The van der Waals surface area contributed by atoms with Crippen LogP contribution >= 0.6 is 11.6 Å². The van der Waals surface area contributed by atoms with Gasteiger partial charge in [0.1, 0.15) is 5.88 Å². The van der Waals surface area contributed by atoms with E-state index in [-0.39, 0.29) is 11.8 Å². The van der Waals surface area contributed by atoms with E-state index in [2.05, 4.69) is 5.32 Å². The first-order valence-corrected chi connectivity index (χ1v) is 5.62. The highest BCUT2D eigenvalue weighted by Crippen LogP contribution is 2.11. The minimum Gasteiger partial charge on any atom is -0.330 e. The van der Waals surface area contributed by atoms with E-state index < -0.39 is 0 Å². The molecule has 4 heteroatoms. The Morgan fingerprint density at radius 2 is 2.06 bits per heavy atom. The van der Waals surface area contributed by atoms with Crippen molar-refractivity contribution in [2.24, 2.45) is 5.73 Å². The average molecular weight is 239 g/mol. The number of carbonyl (C=O) groups excluding carboxylic acids is 1. The lowest BCUT2D eigenvalue weighted by Crippen LogP contribution is -2.12. The molecule has 86 valence electrons. The van der Waals surface area contributed by atoms with Gasteiger partial charge in [0.05, 0.1) is 0 Å². The fourth-order valence-electron chi connectivity index (χ4n) is 1.19. The molecule has 0 saturated heterocycles. The quantitative estimate of drug-likeness (QED) is 0.773.